The van der Waals surface area contributed by atoms with Gasteiger partial charge in [-0.15, -0.1) is 0 Å². The summed E-state index contributed by atoms with van der Waals surface area (Å²) < 4.78 is 0. The summed E-state index contributed by atoms with van der Waals surface area (Å²) in [6, 6.07) is 21.9. The summed E-state index contributed by atoms with van der Waals surface area (Å²) >= 11 is 0. The first-order chi connectivity index (χ1) is 9.60. The highest BCUT2D eigenvalue weighted by atomic mass is 14.4. The van der Waals surface area contributed by atoms with Gasteiger partial charge in [0.15, 0.2) is 0 Å². The lowest BCUT2D eigenvalue weighted by Gasteiger charge is -2.40. The number of hydrogen-bond acceptors (Lipinski definition) is 0. The molecular weight excluding hydrogens is 240 g/mol. The summed E-state index contributed by atoms with van der Waals surface area (Å²) in [7, 11) is 0. The Morgan fingerprint density at radius 2 is 1.20 bits per heavy atom. The highest BCUT2D eigenvalue weighted by molar-refractivity contribution is 5.39. The van der Waals surface area contributed by atoms with Crippen LogP contribution in [0.1, 0.15) is 45.2 Å². The van der Waals surface area contributed by atoms with Crippen molar-refractivity contribution < 1.29 is 0 Å². The van der Waals surface area contributed by atoms with Crippen molar-refractivity contribution in [1.82, 2.24) is 0 Å². The predicted octanol–water partition coefficient (Wildman–Crippen LogP) is 5.67. The molecule has 2 aromatic carbocycles. The summed E-state index contributed by atoms with van der Waals surface area (Å²) in [4.78, 5) is 0. The third kappa shape index (κ3) is 2.65. The Morgan fingerprint density at radius 1 is 0.800 bits per heavy atom. The van der Waals surface area contributed by atoms with E-state index in [4.69, 9.17) is 0 Å². The third-order valence-electron chi connectivity index (χ3n) is 5.16. The van der Waals surface area contributed by atoms with Crippen LogP contribution < -0.4 is 0 Å². The second kappa shape index (κ2) is 6.26. The van der Waals surface area contributed by atoms with Gasteiger partial charge in [0.2, 0.25) is 0 Å². The van der Waals surface area contributed by atoms with Gasteiger partial charge in [0.05, 0.1) is 0 Å². The van der Waals surface area contributed by atoms with Crippen molar-refractivity contribution in [1.29, 1.82) is 0 Å². The van der Waals surface area contributed by atoms with Crippen LogP contribution in [-0.2, 0) is 5.41 Å². The van der Waals surface area contributed by atoms with Gasteiger partial charge in [0, 0.05) is 5.41 Å². The van der Waals surface area contributed by atoms with Crippen molar-refractivity contribution in [3.63, 3.8) is 0 Å². The highest BCUT2D eigenvalue weighted by Gasteiger charge is 2.36. The van der Waals surface area contributed by atoms with Gasteiger partial charge in [-0.1, -0.05) is 94.8 Å². The molecule has 0 saturated carbocycles. The van der Waals surface area contributed by atoms with Crippen LogP contribution in [-0.4, -0.2) is 0 Å². The molecule has 20 heavy (non-hydrogen) atoms. The topological polar surface area (TPSA) is 0 Å². The van der Waals surface area contributed by atoms with E-state index < -0.39 is 0 Å². The third-order valence-corrected chi connectivity index (χ3v) is 5.16. The van der Waals surface area contributed by atoms with Crippen LogP contribution in [0.25, 0.3) is 0 Å². The molecule has 0 spiro atoms. The maximum absolute atomic E-state index is 2.40. The van der Waals surface area contributed by atoms with Crippen LogP contribution in [0, 0.1) is 11.8 Å². The molecule has 0 aliphatic rings. The van der Waals surface area contributed by atoms with Crippen LogP contribution in [0.4, 0.5) is 0 Å². The van der Waals surface area contributed by atoms with Gasteiger partial charge >= 0.3 is 0 Å². The Bertz CT molecular complexity index is 473. The van der Waals surface area contributed by atoms with E-state index in [2.05, 4.69) is 88.4 Å². The van der Waals surface area contributed by atoms with Crippen LogP contribution >= 0.6 is 0 Å². The molecule has 0 aliphatic heterocycles. The molecule has 106 valence electrons. The SMILES string of the molecule is CCC(C)C(C)C(C)(c1ccccc1)c1ccccc1. The summed E-state index contributed by atoms with van der Waals surface area (Å²) in [6.07, 6.45) is 1.22. The van der Waals surface area contributed by atoms with Crippen molar-refractivity contribution in [2.24, 2.45) is 11.8 Å². The molecule has 0 saturated heterocycles. The first-order valence-electron chi connectivity index (χ1n) is 7.71. The minimum atomic E-state index is 0.0674. The molecule has 2 aromatic rings. The monoisotopic (exact) mass is 266 g/mol. The molecule has 0 radical (unpaired) electrons. The van der Waals surface area contributed by atoms with E-state index in [1.54, 1.807) is 0 Å². The molecular formula is C20H26. The Hall–Kier alpha value is -1.56. The lowest BCUT2D eigenvalue weighted by Crippen LogP contribution is -2.35. The predicted molar refractivity (Wildman–Crippen MR) is 88.0 cm³/mol. The zero-order chi connectivity index (χ0) is 14.6. The van der Waals surface area contributed by atoms with Crippen molar-refractivity contribution in [2.45, 2.75) is 39.5 Å². The minimum absolute atomic E-state index is 0.0674. The number of hydrogen-bond donors (Lipinski definition) is 0. The van der Waals surface area contributed by atoms with Crippen molar-refractivity contribution in [3.05, 3.63) is 71.8 Å². The Labute approximate surface area is 123 Å². The van der Waals surface area contributed by atoms with Gasteiger partial charge in [-0.05, 0) is 23.0 Å². The molecule has 2 rings (SSSR count). The van der Waals surface area contributed by atoms with E-state index >= 15 is 0 Å². The molecule has 0 N–H and O–H groups in total. The summed E-state index contributed by atoms with van der Waals surface area (Å²) in [5.41, 5.74) is 2.90. The quantitative estimate of drug-likeness (QED) is 0.653. The Morgan fingerprint density at radius 3 is 1.55 bits per heavy atom. The van der Waals surface area contributed by atoms with E-state index in [0.29, 0.717) is 11.8 Å². The molecule has 2 atom stereocenters. The zero-order valence-corrected chi connectivity index (χ0v) is 13.1. The second-order valence-electron chi connectivity index (χ2n) is 6.11. The van der Waals surface area contributed by atoms with Crippen molar-refractivity contribution >= 4 is 0 Å². The average molecular weight is 266 g/mol. The molecule has 2 unspecified atom stereocenters. The van der Waals surface area contributed by atoms with Gasteiger partial charge in [-0.3, -0.25) is 0 Å². The van der Waals surface area contributed by atoms with E-state index in [9.17, 15) is 0 Å². The van der Waals surface area contributed by atoms with Crippen molar-refractivity contribution in [3.8, 4) is 0 Å². The number of benzene rings is 2. The number of rotatable bonds is 5. The molecule has 0 nitrogen and oxygen atoms in total. The minimum Gasteiger partial charge on any atom is -0.0651 e. The van der Waals surface area contributed by atoms with E-state index in [1.807, 2.05) is 0 Å². The van der Waals surface area contributed by atoms with Crippen LogP contribution in [0.2, 0.25) is 0 Å². The van der Waals surface area contributed by atoms with Gasteiger partial charge in [0.25, 0.3) is 0 Å². The lowest BCUT2D eigenvalue weighted by molar-refractivity contribution is 0.262. The maximum Gasteiger partial charge on any atom is 0.0202 e. The molecule has 0 heteroatoms. The first-order valence-corrected chi connectivity index (χ1v) is 7.71. The fraction of sp³-hybridized carbons (Fsp3) is 0.400. The summed E-state index contributed by atoms with van der Waals surface area (Å²) in [5.74, 6) is 1.29. The second-order valence-corrected chi connectivity index (χ2v) is 6.11. The molecule has 0 amide bonds. The molecule has 0 aliphatic carbocycles. The van der Waals surface area contributed by atoms with Crippen LogP contribution in [0.5, 0.6) is 0 Å². The van der Waals surface area contributed by atoms with Crippen molar-refractivity contribution in [2.75, 3.05) is 0 Å². The van der Waals surface area contributed by atoms with E-state index in [0.717, 1.165) is 0 Å². The molecule has 0 bridgehead atoms. The maximum atomic E-state index is 2.40. The van der Waals surface area contributed by atoms with E-state index in [-0.39, 0.29) is 5.41 Å². The van der Waals surface area contributed by atoms with Gasteiger partial charge in [-0.2, -0.15) is 0 Å². The largest absolute Gasteiger partial charge is 0.0651 e. The van der Waals surface area contributed by atoms with Gasteiger partial charge in [-0.25, -0.2) is 0 Å². The highest BCUT2D eigenvalue weighted by Crippen LogP contribution is 2.42. The van der Waals surface area contributed by atoms with Crippen LogP contribution in [0.3, 0.4) is 0 Å². The standard InChI is InChI=1S/C20H26/c1-5-16(2)17(3)20(4,18-12-8-6-9-13-18)19-14-10-7-11-15-19/h6-17H,5H2,1-4H3. The summed E-state index contributed by atoms with van der Waals surface area (Å²) in [6.45, 7) is 9.45. The smallest absolute Gasteiger partial charge is 0.0202 e. The van der Waals surface area contributed by atoms with Gasteiger partial charge < -0.3 is 0 Å². The Kier molecular flexibility index (Phi) is 4.65. The Balaban J connectivity index is 2.55. The molecule has 0 aromatic heterocycles. The van der Waals surface area contributed by atoms with Gasteiger partial charge in [0.1, 0.15) is 0 Å². The average Bonchev–Trinajstić information content (AvgIpc) is 2.54. The molecule has 0 heterocycles. The fourth-order valence-electron chi connectivity index (χ4n) is 3.18. The summed E-state index contributed by atoms with van der Waals surface area (Å²) in [5, 5.41) is 0. The normalized spacial score (nSPS) is 14.8. The fourth-order valence-corrected chi connectivity index (χ4v) is 3.18. The molecule has 0 fully saturated rings. The van der Waals surface area contributed by atoms with Crippen LogP contribution in [0.15, 0.2) is 60.7 Å². The zero-order valence-electron chi connectivity index (χ0n) is 13.1. The first kappa shape index (κ1) is 14.8. The van der Waals surface area contributed by atoms with E-state index in [1.165, 1.54) is 17.5 Å². The lowest BCUT2D eigenvalue weighted by atomic mass is 9.63.